The SMILES string of the molecule is COc1cc(-c2nc3cc(C)ccc3o2)ccc1-c1ccc(-c2nc3cc(C)ccc3o2)cc1. The van der Waals surface area contributed by atoms with Gasteiger partial charge in [0.1, 0.15) is 16.8 Å². The average molecular weight is 447 g/mol. The van der Waals surface area contributed by atoms with Gasteiger partial charge in [-0.2, -0.15) is 0 Å². The molecule has 0 atom stereocenters. The number of hydrogen-bond acceptors (Lipinski definition) is 5. The molecule has 166 valence electrons. The van der Waals surface area contributed by atoms with E-state index in [9.17, 15) is 0 Å². The molecule has 2 heterocycles. The molecule has 0 aliphatic heterocycles. The second kappa shape index (κ2) is 7.89. The lowest BCUT2D eigenvalue weighted by Crippen LogP contribution is -1.90. The van der Waals surface area contributed by atoms with Crippen molar-refractivity contribution in [2.24, 2.45) is 0 Å². The summed E-state index contributed by atoms with van der Waals surface area (Å²) in [5.41, 5.74) is 9.40. The first-order chi connectivity index (χ1) is 16.6. The first-order valence-corrected chi connectivity index (χ1v) is 11.1. The Morgan fingerprint density at radius 2 is 1.12 bits per heavy atom. The van der Waals surface area contributed by atoms with Gasteiger partial charge in [-0.3, -0.25) is 0 Å². The zero-order chi connectivity index (χ0) is 23.2. The molecule has 0 aliphatic rings. The first kappa shape index (κ1) is 20.2. The van der Waals surface area contributed by atoms with Crippen molar-refractivity contribution in [1.29, 1.82) is 0 Å². The largest absolute Gasteiger partial charge is 0.496 e. The number of oxazole rings is 2. The maximum Gasteiger partial charge on any atom is 0.227 e. The molecule has 0 spiro atoms. The van der Waals surface area contributed by atoms with Gasteiger partial charge in [0.15, 0.2) is 11.2 Å². The lowest BCUT2D eigenvalue weighted by Gasteiger charge is -2.10. The van der Waals surface area contributed by atoms with Crippen LogP contribution in [0.3, 0.4) is 0 Å². The van der Waals surface area contributed by atoms with E-state index in [1.165, 1.54) is 0 Å². The third-order valence-corrected chi connectivity index (χ3v) is 5.98. The first-order valence-electron chi connectivity index (χ1n) is 11.1. The summed E-state index contributed by atoms with van der Waals surface area (Å²) in [6.45, 7) is 4.09. The molecule has 5 nitrogen and oxygen atoms in total. The predicted molar refractivity (Wildman–Crippen MR) is 134 cm³/mol. The Morgan fingerprint density at radius 3 is 1.71 bits per heavy atom. The van der Waals surface area contributed by atoms with Crippen LogP contribution >= 0.6 is 0 Å². The predicted octanol–water partition coefficient (Wildman–Crippen LogP) is 7.60. The molecule has 0 bridgehead atoms. The van der Waals surface area contributed by atoms with Crippen LogP contribution < -0.4 is 4.74 Å². The molecule has 0 saturated heterocycles. The van der Waals surface area contributed by atoms with Crippen LogP contribution in [0.15, 0.2) is 87.7 Å². The Labute approximate surface area is 196 Å². The zero-order valence-corrected chi connectivity index (χ0v) is 19.1. The summed E-state index contributed by atoms with van der Waals surface area (Å²) in [5, 5.41) is 0. The number of rotatable bonds is 4. The van der Waals surface area contributed by atoms with Gasteiger partial charge in [-0.25, -0.2) is 9.97 Å². The highest BCUT2D eigenvalue weighted by Crippen LogP contribution is 2.36. The maximum absolute atomic E-state index is 5.97. The summed E-state index contributed by atoms with van der Waals surface area (Å²) in [4.78, 5) is 9.29. The van der Waals surface area contributed by atoms with E-state index in [1.54, 1.807) is 7.11 Å². The molecule has 0 saturated carbocycles. The fourth-order valence-corrected chi connectivity index (χ4v) is 4.18. The van der Waals surface area contributed by atoms with Crippen molar-refractivity contribution in [3.8, 4) is 39.8 Å². The molecule has 4 aromatic carbocycles. The van der Waals surface area contributed by atoms with E-state index in [-0.39, 0.29) is 0 Å². The van der Waals surface area contributed by atoms with Crippen LogP contribution in [0.4, 0.5) is 0 Å². The normalized spacial score (nSPS) is 11.4. The maximum atomic E-state index is 5.97. The second-order valence-electron chi connectivity index (χ2n) is 8.47. The van der Waals surface area contributed by atoms with Crippen molar-refractivity contribution in [3.63, 3.8) is 0 Å². The topological polar surface area (TPSA) is 61.3 Å². The van der Waals surface area contributed by atoms with Crippen LogP contribution in [0.25, 0.3) is 56.2 Å². The third kappa shape index (κ3) is 3.52. The van der Waals surface area contributed by atoms with Gasteiger partial charge in [0.05, 0.1) is 7.11 Å². The molecule has 34 heavy (non-hydrogen) atoms. The number of nitrogens with zero attached hydrogens (tertiary/aromatic N) is 2. The second-order valence-corrected chi connectivity index (χ2v) is 8.47. The highest BCUT2D eigenvalue weighted by Gasteiger charge is 2.14. The Bertz CT molecular complexity index is 1660. The number of aryl methyl sites for hydroxylation is 2. The van der Waals surface area contributed by atoms with E-state index in [2.05, 4.69) is 22.1 Å². The number of benzene rings is 4. The van der Waals surface area contributed by atoms with Crippen molar-refractivity contribution in [2.45, 2.75) is 13.8 Å². The number of methoxy groups -OCH3 is 1. The number of fused-ring (bicyclic) bond motifs is 2. The van der Waals surface area contributed by atoms with Gasteiger partial charge in [0.2, 0.25) is 11.8 Å². The van der Waals surface area contributed by atoms with Gasteiger partial charge in [0.25, 0.3) is 0 Å². The molecule has 0 radical (unpaired) electrons. The quantitative estimate of drug-likeness (QED) is 0.279. The van der Waals surface area contributed by atoms with Crippen molar-refractivity contribution in [2.75, 3.05) is 7.11 Å². The molecule has 0 amide bonds. The van der Waals surface area contributed by atoms with Crippen LogP contribution in [-0.4, -0.2) is 17.1 Å². The van der Waals surface area contributed by atoms with E-state index in [1.807, 2.05) is 80.6 Å². The number of ether oxygens (including phenoxy) is 1. The molecule has 2 aromatic heterocycles. The van der Waals surface area contributed by atoms with Crippen molar-refractivity contribution in [3.05, 3.63) is 90.0 Å². The monoisotopic (exact) mass is 446 g/mol. The van der Waals surface area contributed by atoms with Crippen molar-refractivity contribution in [1.82, 2.24) is 9.97 Å². The van der Waals surface area contributed by atoms with Crippen molar-refractivity contribution < 1.29 is 13.6 Å². The van der Waals surface area contributed by atoms with Crippen molar-refractivity contribution >= 4 is 22.2 Å². The minimum absolute atomic E-state index is 0.576. The summed E-state index contributed by atoms with van der Waals surface area (Å²) < 4.78 is 17.6. The molecule has 5 heteroatoms. The van der Waals surface area contributed by atoms with Gasteiger partial charge in [-0.1, -0.05) is 24.3 Å². The van der Waals surface area contributed by atoms with Gasteiger partial charge in [-0.15, -0.1) is 0 Å². The molecule has 0 aliphatic carbocycles. The van der Waals surface area contributed by atoms with E-state index in [0.717, 1.165) is 61.3 Å². The van der Waals surface area contributed by atoms with Gasteiger partial charge in [0, 0.05) is 16.7 Å². The summed E-state index contributed by atoms with van der Waals surface area (Å²) in [6.07, 6.45) is 0. The minimum atomic E-state index is 0.576. The summed E-state index contributed by atoms with van der Waals surface area (Å²) >= 11 is 0. The molecular weight excluding hydrogens is 424 g/mol. The van der Waals surface area contributed by atoms with E-state index in [4.69, 9.17) is 13.6 Å². The fraction of sp³-hybridized carbons (Fsp3) is 0.103. The van der Waals surface area contributed by atoms with Gasteiger partial charge in [-0.05, 0) is 85.1 Å². The molecule has 0 N–H and O–H groups in total. The summed E-state index contributed by atoms with van der Waals surface area (Å²) in [7, 11) is 1.67. The third-order valence-electron chi connectivity index (χ3n) is 5.98. The number of aromatic nitrogens is 2. The molecule has 6 rings (SSSR count). The number of hydrogen-bond donors (Lipinski definition) is 0. The Morgan fingerprint density at radius 1 is 0.588 bits per heavy atom. The highest BCUT2D eigenvalue weighted by atomic mass is 16.5. The fourth-order valence-electron chi connectivity index (χ4n) is 4.18. The Hall–Kier alpha value is -4.38. The molecule has 0 fully saturated rings. The van der Waals surface area contributed by atoms with Crippen LogP contribution in [0.1, 0.15) is 11.1 Å². The van der Waals surface area contributed by atoms with E-state index >= 15 is 0 Å². The average Bonchev–Trinajstić information content (AvgIpc) is 3.47. The summed E-state index contributed by atoms with van der Waals surface area (Å²) in [5.74, 6) is 1.94. The lowest BCUT2D eigenvalue weighted by molar-refractivity contribution is 0.416. The van der Waals surface area contributed by atoms with Crippen LogP contribution in [0, 0.1) is 13.8 Å². The Balaban J connectivity index is 1.33. The smallest absolute Gasteiger partial charge is 0.227 e. The Kier molecular flexibility index (Phi) is 4.69. The van der Waals surface area contributed by atoms with Crippen LogP contribution in [-0.2, 0) is 0 Å². The van der Waals surface area contributed by atoms with Crippen LogP contribution in [0.5, 0.6) is 5.75 Å². The standard InChI is InChI=1S/C29H22N2O3/c1-17-4-12-25-23(14-17)30-28(33-25)20-8-6-19(7-9-20)22-11-10-21(16-27(22)32-3)29-31-24-15-18(2)5-13-26(24)34-29/h4-16H,1-3H3. The minimum Gasteiger partial charge on any atom is -0.496 e. The molecular formula is C29H22N2O3. The zero-order valence-electron chi connectivity index (χ0n) is 19.1. The van der Waals surface area contributed by atoms with E-state index < -0.39 is 0 Å². The van der Waals surface area contributed by atoms with Gasteiger partial charge >= 0.3 is 0 Å². The lowest BCUT2D eigenvalue weighted by atomic mass is 10.0. The highest BCUT2D eigenvalue weighted by molar-refractivity contribution is 5.81. The van der Waals surface area contributed by atoms with Gasteiger partial charge < -0.3 is 13.6 Å². The molecule has 6 aromatic rings. The molecule has 0 unspecified atom stereocenters. The van der Waals surface area contributed by atoms with E-state index in [0.29, 0.717) is 11.8 Å². The summed E-state index contributed by atoms with van der Waals surface area (Å²) in [6, 6.07) is 26.1. The van der Waals surface area contributed by atoms with Crippen LogP contribution in [0.2, 0.25) is 0 Å².